The van der Waals surface area contributed by atoms with E-state index in [1.807, 2.05) is 72.8 Å². The molecule has 2 unspecified atom stereocenters. The van der Waals surface area contributed by atoms with E-state index in [-0.39, 0.29) is 18.1 Å². The van der Waals surface area contributed by atoms with Crippen molar-refractivity contribution in [2.45, 2.75) is 38.4 Å². The standard InChI is InChI=1S/C31H28N2O4/c1-21-16-26(36-30(34)24-12-14-28(32-19-24)22-8-4-2-5-9-22)18-27(17-21)37-31(35)25-13-15-29(33-20-25)23-10-6-3-7-11-23/h2-15,19-21,26-27H,16-18H2,1H3. The summed E-state index contributed by atoms with van der Waals surface area (Å²) in [5.41, 5.74) is 4.35. The molecule has 0 spiro atoms. The monoisotopic (exact) mass is 492 g/mol. The van der Waals surface area contributed by atoms with E-state index < -0.39 is 11.9 Å². The Morgan fingerprint density at radius 3 is 1.43 bits per heavy atom. The zero-order chi connectivity index (χ0) is 25.6. The fourth-order valence-corrected chi connectivity index (χ4v) is 4.70. The van der Waals surface area contributed by atoms with Gasteiger partial charge in [-0.2, -0.15) is 0 Å². The normalized spacial score (nSPS) is 19.1. The highest BCUT2D eigenvalue weighted by Crippen LogP contribution is 2.30. The third-order valence-corrected chi connectivity index (χ3v) is 6.54. The summed E-state index contributed by atoms with van der Waals surface area (Å²) in [5, 5.41) is 0. The van der Waals surface area contributed by atoms with Crippen LogP contribution < -0.4 is 0 Å². The Bertz CT molecular complexity index is 1230. The molecule has 4 aromatic rings. The molecule has 2 aromatic heterocycles. The predicted molar refractivity (Wildman–Crippen MR) is 141 cm³/mol. The van der Waals surface area contributed by atoms with Crippen LogP contribution in [0.5, 0.6) is 0 Å². The lowest BCUT2D eigenvalue weighted by Gasteiger charge is -2.32. The topological polar surface area (TPSA) is 78.4 Å². The molecule has 0 bridgehead atoms. The van der Waals surface area contributed by atoms with Gasteiger partial charge >= 0.3 is 11.9 Å². The number of rotatable bonds is 6. The number of esters is 2. The van der Waals surface area contributed by atoms with Gasteiger partial charge in [-0.05, 0) is 43.0 Å². The molecule has 0 aliphatic heterocycles. The summed E-state index contributed by atoms with van der Waals surface area (Å²) in [4.78, 5) is 34.4. The van der Waals surface area contributed by atoms with Crippen molar-refractivity contribution in [1.29, 1.82) is 0 Å². The molecule has 1 aliphatic rings. The van der Waals surface area contributed by atoms with Crippen molar-refractivity contribution in [2.75, 3.05) is 0 Å². The average Bonchev–Trinajstić information content (AvgIpc) is 2.94. The smallest absolute Gasteiger partial charge is 0.339 e. The lowest BCUT2D eigenvalue weighted by Crippen LogP contribution is -2.35. The quantitative estimate of drug-likeness (QED) is 0.291. The van der Waals surface area contributed by atoms with Crippen molar-refractivity contribution >= 4 is 11.9 Å². The fraction of sp³-hybridized carbons (Fsp3) is 0.226. The Balaban J connectivity index is 1.18. The molecule has 0 N–H and O–H groups in total. The molecule has 1 fully saturated rings. The molecule has 5 rings (SSSR count). The molecule has 2 heterocycles. The first-order valence-corrected chi connectivity index (χ1v) is 12.5. The van der Waals surface area contributed by atoms with Crippen molar-refractivity contribution in [3.05, 3.63) is 108 Å². The van der Waals surface area contributed by atoms with Gasteiger partial charge in [-0.15, -0.1) is 0 Å². The van der Waals surface area contributed by atoms with E-state index >= 15 is 0 Å². The first-order chi connectivity index (χ1) is 18.0. The molecule has 1 aliphatic carbocycles. The predicted octanol–water partition coefficient (Wildman–Crippen LogP) is 6.38. The van der Waals surface area contributed by atoms with Gasteiger partial charge < -0.3 is 9.47 Å². The van der Waals surface area contributed by atoms with E-state index in [9.17, 15) is 9.59 Å². The molecule has 6 heteroatoms. The van der Waals surface area contributed by atoms with Crippen molar-refractivity contribution in [1.82, 2.24) is 9.97 Å². The van der Waals surface area contributed by atoms with E-state index in [0.29, 0.717) is 17.5 Å². The summed E-state index contributed by atoms with van der Waals surface area (Å²) < 4.78 is 11.6. The summed E-state index contributed by atoms with van der Waals surface area (Å²) in [7, 11) is 0. The van der Waals surface area contributed by atoms with Crippen LogP contribution in [0.25, 0.3) is 22.5 Å². The van der Waals surface area contributed by atoms with Crippen LogP contribution in [0.1, 0.15) is 46.9 Å². The lowest BCUT2D eigenvalue weighted by molar-refractivity contribution is -0.0284. The van der Waals surface area contributed by atoms with Crippen LogP contribution in [-0.4, -0.2) is 34.1 Å². The number of carbonyl (C=O) groups excluding carboxylic acids is 2. The number of aromatic nitrogens is 2. The second-order valence-electron chi connectivity index (χ2n) is 9.46. The average molecular weight is 493 g/mol. The Morgan fingerprint density at radius 2 is 1.05 bits per heavy atom. The largest absolute Gasteiger partial charge is 0.459 e. The minimum Gasteiger partial charge on any atom is -0.459 e. The van der Waals surface area contributed by atoms with E-state index in [1.54, 1.807) is 24.5 Å². The highest BCUT2D eigenvalue weighted by atomic mass is 16.6. The highest BCUT2D eigenvalue weighted by Gasteiger charge is 2.32. The maximum Gasteiger partial charge on any atom is 0.339 e. The third kappa shape index (κ3) is 6.09. The van der Waals surface area contributed by atoms with Crippen molar-refractivity contribution in [3.63, 3.8) is 0 Å². The van der Waals surface area contributed by atoms with Gasteiger partial charge in [0.05, 0.1) is 22.5 Å². The second kappa shape index (κ2) is 11.2. The zero-order valence-electron chi connectivity index (χ0n) is 20.6. The van der Waals surface area contributed by atoms with Gasteiger partial charge in [0.1, 0.15) is 12.2 Å². The Hall–Kier alpha value is -4.32. The van der Waals surface area contributed by atoms with Crippen molar-refractivity contribution < 1.29 is 19.1 Å². The van der Waals surface area contributed by atoms with Crippen LogP contribution >= 0.6 is 0 Å². The molecule has 6 nitrogen and oxygen atoms in total. The second-order valence-corrected chi connectivity index (χ2v) is 9.46. The Morgan fingerprint density at radius 1 is 0.622 bits per heavy atom. The van der Waals surface area contributed by atoms with Crippen LogP contribution in [-0.2, 0) is 9.47 Å². The van der Waals surface area contributed by atoms with Gasteiger partial charge in [-0.3, -0.25) is 9.97 Å². The maximum absolute atomic E-state index is 12.8. The molecule has 0 amide bonds. The number of carbonyl (C=O) groups is 2. The molecule has 1 saturated carbocycles. The number of hydrogen-bond donors (Lipinski definition) is 0. The fourth-order valence-electron chi connectivity index (χ4n) is 4.70. The van der Waals surface area contributed by atoms with E-state index in [2.05, 4.69) is 16.9 Å². The zero-order valence-corrected chi connectivity index (χ0v) is 20.6. The van der Waals surface area contributed by atoms with Gasteiger partial charge in [0.25, 0.3) is 0 Å². The Labute approximate surface area is 216 Å². The van der Waals surface area contributed by atoms with Crippen LogP contribution in [0.4, 0.5) is 0 Å². The minimum atomic E-state index is -0.419. The highest BCUT2D eigenvalue weighted by molar-refractivity contribution is 5.90. The molecule has 0 radical (unpaired) electrons. The first kappa shape index (κ1) is 24.4. The van der Waals surface area contributed by atoms with Crippen molar-refractivity contribution in [3.8, 4) is 22.5 Å². The van der Waals surface area contributed by atoms with E-state index in [1.165, 1.54) is 0 Å². The van der Waals surface area contributed by atoms with E-state index in [0.717, 1.165) is 35.4 Å². The van der Waals surface area contributed by atoms with Gasteiger partial charge in [0.2, 0.25) is 0 Å². The van der Waals surface area contributed by atoms with Crippen LogP contribution in [0.2, 0.25) is 0 Å². The van der Waals surface area contributed by atoms with Crippen LogP contribution in [0.15, 0.2) is 97.3 Å². The van der Waals surface area contributed by atoms with Gasteiger partial charge in [-0.1, -0.05) is 67.6 Å². The molecular weight excluding hydrogens is 464 g/mol. The summed E-state index contributed by atoms with van der Waals surface area (Å²) in [5.74, 6) is -0.588. The van der Waals surface area contributed by atoms with Crippen molar-refractivity contribution in [2.24, 2.45) is 5.92 Å². The number of pyridine rings is 2. The number of hydrogen-bond acceptors (Lipinski definition) is 6. The van der Waals surface area contributed by atoms with Crippen LogP contribution in [0.3, 0.4) is 0 Å². The molecule has 37 heavy (non-hydrogen) atoms. The molecule has 2 aromatic carbocycles. The summed E-state index contributed by atoms with van der Waals surface area (Å²) in [6, 6.07) is 26.7. The lowest BCUT2D eigenvalue weighted by atomic mass is 9.86. The summed E-state index contributed by atoms with van der Waals surface area (Å²) in [6.07, 6.45) is 4.34. The molecule has 0 saturated heterocycles. The number of ether oxygens (including phenoxy) is 2. The summed E-state index contributed by atoms with van der Waals surface area (Å²) in [6.45, 7) is 2.08. The van der Waals surface area contributed by atoms with Gasteiger partial charge in [-0.25, -0.2) is 9.59 Å². The number of benzene rings is 2. The minimum absolute atomic E-state index is 0.251. The van der Waals surface area contributed by atoms with Crippen LogP contribution in [0, 0.1) is 5.92 Å². The molecule has 2 atom stereocenters. The summed E-state index contributed by atoms with van der Waals surface area (Å²) >= 11 is 0. The number of nitrogens with zero attached hydrogens (tertiary/aromatic N) is 2. The van der Waals surface area contributed by atoms with E-state index in [4.69, 9.17) is 9.47 Å². The first-order valence-electron chi connectivity index (χ1n) is 12.5. The SMILES string of the molecule is CC1CC(OC(=O)c2ccc(-c3ccccc3)nc2)CC(OC(=O)c2ccc(-c3ccccc3)nc2)C1. The third-order valence-electron chi connectivity index (χ3n) is 6.54. The molecular formula is C31H28N2O4. The Kier molecular flexibility index (Phi) is 7.36. The van der Waals surface area contributed by atoms with Gasteiger partial charge in [0, 0.05) is 29.9 Å². The van der Waals surface area contributed by atoms with Gasteiger partial charge in [0.15, 0.2) is 0 Å². The molecule has 186 valence electrons. The maximum atomic E-state index is 12.8.